The van der Waals surface area contributed by atoms with Crippen LogP contribution in [-0.2, 0) is 9.47 Å². The zero-order chi connectivity index (χ0) is 12.4. The number of ether oxygens (including phenoxy) is 2. The second-order valence-corrected chi connectivity index (χ2v) is 0.947. The van der Waals surface area contributed by atoms with E-state index in [4.69, 9.17) is 0 Å². The van der Waals surface area contributed by atoms with Crippen LogP contribution in [0, 0.1) is 0 Å². The molecule has 0 saturated carbocycles. The number of hydrogen-bond acceptors (Lipinski definition) is 3. The van der Waals surface area contributed by atoms with Crippen LogP contribution < -0.4 is 0 Å². The first-order chi connectivity index (χ1) is 6.89. The molecule has 82 valence electrons. The summed E-state index contributed by atoms with van der Waals surface area (Å²) in [5, 5.41) is 0. The van der Waals surface area contributed by atoms with E-state index in [1.807, 2.05) is 0 Å². The molecule has 0 spiro atoms. The molecule has 1 heterocycles. The van der Waals surface area contributed by atoms with Crippen LogP contribution >= 0.6 is 0 Å². The molecule has 0 N–H and O–H groups in total. The zero-order valence-corrected chi connectivity index (χ0v) is 8.80. The molecule has 0 amide bonds. The summed E-state index contributed by atoms with van der Waals surface area (Å²) < 4.78 is 8.58. The van der Waals surface area contributed by atoms with E-state index in [9.17, 15) is 4.79 Å². The normalized spacial score (nSPS) is 9.57. The van der Waals surface area contributed by atoms with Crippen molar-refractivity contribution in [3.05, 3.63) is 52.6 Å². The van der Waals surface area contributed by atoms with E-state index in [2.05, 4.69) is 62.1 Å². The molecule has 0 aromatic heterocycles. The second kappa shape index (κ2) is 43.0. The lowest BCUT2D eigenvalue weighted by molar-refractivity contribution is 0.131. The fourth-order valence-electron chi connectivity index (χ4n) is 0.292. The van der Waals surface area contributed by atoms with Gasteiger partial charge in [-0.05, 0) is 0 Å². The lowest BCUT2D eigenvalue weighted by Gasteiger charge is -1.78. The number of rotatable bonds is 0. The minimum Gasteiger partial charge on any atom is -0.431 e. The Labute approximate surface area is 87.0 Å². The van der Waals surface area contributed by atoms with Crippen molar-refractivity contribution >= 4 is 6.16 Å². The van der Waals surface area contributed by atoms with Gasteiger partial charge in [-0.2, -0.15) is 0 Å². The third kappa shape index (κ3) is 31.9. The van der Waals surface area contributed by atoms with Gasteiger partial charge in [-0.1, -0.05) is 0 Å². The summed E-state index contributed by atoms with van der Waals surface area (Å²) in [5.74, 6) is 0. The van der Waals surface area contributed by atoms with Crippen LogP contribution in [0.25, 0.3) is 0 Å². The first-order valence-corrected chi connectivity index (χ1v) is 3.69. The van der Waals surface area contributed by atoms with Crippen LogP contribution in [0.1, 0.15) is 0 Å². The molecule has 1 saturated heterocycles. The predicted octanol–water partition coefficient (Wildman–Crippen LogP) is 3.36. The molecule has 3 nitrogen and oxygen atoms in total. The molecule has 1 aliphatic heterocycles. The van der Waals surface area contributed by atoms with Crippen molar-refractivity contribution in [2.45, 2.75) is 0 Å². The highest BCUT2D eigenvalue weighted by molar-refractivity contribution is 5.61. The average Bonchev–Trinajstić information content (AvgIpc) is 2.80. The first-order valence-electron chi connectivity index (χ1n) is 3.69. The third-order valence-electron chi connectivity index (χ3n) is 0.523. The van der Waals surface area contributed by atoms with E-state index >= 15 is 0 Å². The molecule has 3 heteroatoms. The van der Waals surface area contributed by atoms with Crippen LogP contribution in [-0.4, -0.2) is 19.4 Å². The fraction of sp³-hybridized carbons (Fsp3) is 0.182. The summed E-state index contributed by atoms with van der Waals surface area (Å²) in [7, 11) is 0. The van der Waals surface area contributed by atoms with Gasteiger partial charge in [0.15, 0.2) is 0 Å². The van der Waals surface area contributed by atoms with Gasteiger partial charge in [0.05, 0.1) is 0 Å². The highest BCUT2D eigenvalue weighted by atomic mass is 16.8. The standard InChI is InChI=1S/C3H4O3.4C2H4/c4-3-5-1-2-6-3;4*1-2/h1-2H2;4*1-2H2. The molecule has 0 atom stereocenters. The summed E-state index contributed by atoms with van der Waals surface area (Å²) in [5.41, 5.74) is 0. The van der Waals surface area contributed by atoms with Crippen molar-refractivity contribution < 1.29 is 14.3 Å². The number of hydrogen-bond donors (Lipinski definition) is 0. The summed E-state index contributed by atoms with van der Waals surface area (Å²) in [6.07, 6.45) is -0.546. The second-order valence-electron chi connectivity index (χ2n) is 0.947. The summed E-state index contributed by atoms with van der Waals surface area (Å²) in [6, 6.07) is 0. The van der Waals surface area contributed by atoms with Crippen LogP contribution in [0.5, 0.6) is 0 Å². The zero-order valence-electron chi connectivity index (χ0n) is 8.80. The lowest BCUT2D eigenvalue weighted by Crippen LogP contribution is -1.88. The van der Waals surface area contributed by atoms with Gasteiger partial charge in [-0.25, -0.2) is 4.79 Å². The van der Waals surface area contributed by atoms with E-state index in [0.717, 1.165) is 0 Å². The number of cyclic esters (lactones) is 2. The molecule has 0 aliphatic carbocycles. The van der Waals surface area contributed by atoms with Gasteiger partial charge in [0.1, 0.15) is 13.2 Å². The van der Waals surface area contributed by atoms with Gasteiger partial charge >= 0.3 is 6.16 Å². The molecular weight excluding hydrogens is 180 g/mol. The molecule has 0 bridgehead atoms. The summed E-state index contributed by atoms with van der Waals surface area (Å²) in [6.45, 7) is 24.8. The summed E-state index contributed by atoms with van der Waals surface area (Å²) in [4.78, 5) is 9.80. The van der Waals surface area contributed by atoms with Crippen LogP contribution in [0.4, 0.5) is 4.79 Å². The highest BCUT2D eigenvalue weighted by Crippen LogP contribution is 1.92. The first kappa shape index (κ1) is 22.8. The van der Waals surface area contributed by atoms with E-state index in [1.54, 1.807) is 0 Å². The van der Waals surface area contributed by atoms with E-state index in [-0.39, 0.29) is 0 Å². The highest BCUT2D eigenvalue weighted by Gasteiger charge is 2.09. The molecule has 0 radical (unpaired) electrons. The Bertz CT molecular complexity index is 97.1. The van der Waals surface area contributed by atoms with Crippen molar-refractivity contribution in [1.29, 1.82) is 0 Å². The van der Waals surface area contributed by atoms with Crippen LogP contribution in [0.3, 0.4) is 0 Å². The van der Waals surface area contributed by atoms with Crippen molar-refractivity contribution in [3.8, 4) is 0 Å². The average molecular weight is 200 g/mol. The maximum Gasteiger partial charge on any atom is 0.508 e. The predicted molar refractivity (Wildman–Crippen MR) is 62.3 cm³/mol. The van der Waals surface area contributed by atoms with Crippen LogP contribution in [0.2, 0.25) is 0 Å². The maximum atomic E-state index is 9.80. The van der Waals surface area contributed by atoms with Crippen molar-refractivity contribution in [2.75, 3.05) is 13.2 Å². The molecule has 1 fully saturated rings. The van der Waals surface area contributed by atoms with E-state index in [0.29, 0.717) is 13.2 Å². The molecule has 0 aromatic rings. The van der Waals surface area contributed by atoms with Gasteiger partial charge in [0, 0.05) is 0 Å². The number of carbonyl (C=O) groups is 1. The molecule has 14 heavy (non-hydrogen) atoms. The van der Waals surface area contributed by atoms with Gasteiger partial charge in [-0.3, -0.25) is 0 Å². The van der Waals surface area contributed by atoms with E-state index < -0.39 is 6.16 Å². The van der Waals surface area contributed by atoms with E-state index in [1.165, 1.54) is 0 Å². The SMILES string of the molecule is C=C.C=C.C=C.C=C.O=C1OCCO1. The Morgan fingerprint density at radius 2 is 0.929 bits per heavy atom. The third-order valence-corrected chi connectivity index (χ3v) is 0.523. The topological polar surface area (TPSA) is 35.5 Å². The maximum absolute atomic E-state index is 9.80. The van der Waals surface area contributed by atoms with Gasteiger partial charge in [-0.15, -0.1) is 52.6 Å². The largest absolute Gasteiger partial charge is 0.508 e. The molecule has 0 unspecified atom stereocenters. The Kier molecular flexibility index (Phi) is 69.9. The smallest absolute Gasteiger partial charge is 0.431 e. The summed E-state index contributed by atoms with van der Waals surface area (Å²) >= 11 is 0. The van der Waals surface area contributed by atoms with Crippen molar-refractivity contribution in [2.24, 2.45) is 0 Å². The van der Waals surface area contributed by atoms with Gasteiger partial charge < -0.3 is 9.47 Å². The molecular formula is C11H20O3. The fourth-order valence-corrected chi connectivity index (χ4v) is 0.292. The van der Waals surface area contributed by atoms with Gasteiger partial charge in [0.2, 0.25) is 0 Å². The Morgan fingerprint density at radius 3 is 1.00 bits per heavy atom. The Balaban J connectivity index is -0.0000000542. The van der Waals surface area contributed by atoms with Crippen molar-refractivity contribution in [1.82, 2.24) is 0 Å². The molecule has 0 aromatic carbocycles. The quantitative estimate of drug-likeness (QED) is 0.444. The Hall–Kier alpha value is -1.77. The monoisotopic (exact) mass is 200 g/mol. The van der Waals surface area contributed by atoms with Crippen molar-refractivity contribution in [3.63, 3.8) is 0 Å². The Morgan fingerprint density at radius 1 is 0.714 bits per heavy atom. The number of carbonyl (C=O) groups excluding carboxylic acids is 1. The minimum absolute atomic E-state index is 0.416. The molecule has 1 aliphatic rings. The lowest BCUT2D eigenvalue weighted by atomic mass is 10.8. The van der Waals surface area contributed by atoms with Gasteiger partial charge in [0.25, 0.3) is 0 Å². The van der Waals surface area contributed by atoms with Crippen LogP contribution in [0.15, 0.2) is 52.6 Å². The minimum atomic E-state index is -0.546. The molecule has 1 rings (SSSR count).